The molecule has 1 aromatic rings. The first-order valence-corrected chi connectivity index (χ1v) is 10.1. The molecule has 0 amide bonds. The van der Waals surface area contributed by atoms with Gasteiger partial charge in [-0.15, -0.1) is 0 Å². The van der Waals surface area contributed by atoms with Crippen LogP contribution in [0.1, 0.15) is 18.4 Å². The number of sulfonamides is 1. The molecule has 2 aliphatic rings. The number of hydrogen-bond donors (Lipinski definition) is 0. The van der Waals surface area contributed by atoms with Gasteiger partial charge in [-0.25, -0.2) is 8.42 Å². The minimum atomic E-state index is -3.20. The van der Waals surface area contributed by atoms with Crippen LogP contribution in [0.25, 0.3) is 0 Å². The fourth-order valence-electron chi connectivity index (χ4n) is 3.59. The van der Waals surface area contributed by atoms with E-state index in [-0.39, 0.29) is 0 Å². The van der Waals surface area contributed by atoms with Gasteiger partial charge in [-0.1, -0.05) is 30.3 Å². The Hall–Kier alpha value is -0.950. The van der Waals surface area contributed by atoms with Crippen LogP contribution in [-0.4, -0.2) is 63.3 Å². The largest absolute Gasteiger partial charge is 0.381 e. The van der Waals surface area contributed by atoms with Crippen molar-refractivity contribution in [3.63, 3.8) is 0 Å². The molecule has 5 nitrogen and oxygen atoms in total. The van der Waals surface area contributed by atoms with Crippen molar-refractivity contribution in [3.8, 4) is 0 Å². The standard InChI is InChI=1S/C17H26N2O3S/c1-23(20,21)19(13-16-5-3-2-4-6-16)11-10-18-9-7-17(14-18)8-12-22-15-17/h2-6H,7-15H2,1H3/t17-/m0/s1. The molecule has 2 aliphatic heterocycles. The topological polar surface area (TPSA) is 49.9 Å². The summed E-state index contributed by atoms with van der Waals surface area (Å²) in [5.41, 5.74) is 1.36. The van der Waals surface area contributed by atoms with Gasteiger partial charge in [0, 0.05) is 38.2 Å². The van der Waals surface area contributed by atoms with Gasteiger partial charge in [-0.05, 0) is 24.9 Å². The van der Waals surface area contributed by atoms with E-state index in [0.717, 1.165) is 44.8 Å². The summed E-state index contributed by atoms with van der Waals surface area (Å²) < 4.78 is 31.3. The zero-order chi connectivity index (χ0) is 16.3. The van der Waals surface area contributed by atoms with Gasteiger partial charge in [0.25, 0.3) is 0 Å². The summed E-state index contributed by atoms with van der Waals surface area (Å²) in [6.07, 6.45) is 3.61. The maximum absolute atomic E-state index is 12.1. The average Bonchev–Trinajstić information content (AvgIpc) is 3.14. The lowest BCUT2D eigenvalue weighted by Crippen LogP contribution is -2.38. The lowest BCUT2D eigenvalue weighted by molar-refractivity contribution is 0.151. The first-order valence-electron chi connectivity index (χ1n) is 8.26. The zero-order valence-corrected chi connectivity index (χ0v) is 14.6. The summed E-state index contributed by atoms with van der Waals surface area (Å²) >= 11 is 0. The summed E-state index contributed by atoms with van der Waals surface area (Å²) in [4.78, 5) is 2.39. The lowest BCUT2D eigenvalue weighted by atomic mass is 9.87. The fourth-order valence-corrected chi connectivity index (χ4v) is 4.39. The SMILES string of the molecule is CS(=O)(=O)N(CCN1CC[C@]2(CCOC2)C1)Cc1ccccc1. The number of hydrogen-bond acceptors (Lipinski definition) is 4. The fraction of sp³-hybridized carbons (Fsp3) is 0.647. The van der Waals surface area contributed by atoms with Crippen LogP contribution in [0.2, 0.25) is 0 Å². The first-order chi connectivity index (χ1) is 11.0. The molecule has 0 N–H and O–H groups in total. The van der Waals surface area contributed by atoms with Crippen molar-refractivity contribution in [1.82, 2.24) is 9.21 Å². The molecule has 23 heavy (non-hydrogen) atoms. The highest BCUT2D eigenvalue weighted by atomic mass is 32.2. The van der Waals surface area contributed by atoms with Crippen LogP contribution >= 0.6 is 0 Å². The molecule has 0 radical (unpaired) electrons. The van der Waals surface area contributed by atoms with Crippen molar-refractivity contribution >= 4 is 10.0 Å². The Morgan fingerprint density at radius 3 is 2.70 bits per heavy atom. The molecule has 0 unspecified atom stereocenters. The Morgan fingerprint density at radius 2 is 2.04 bits per heavy atom. The summed E-state index contributed by atoms with van der Waals surface area (Å²) in [6.45, 7) is 5.61. The molecule has 0 aromatic heterocycles. The summed E-state index contributed by atoms with van der Waals surface area (Å²) in [6, 6.07) is 9.78. The van der Waals surface area contributed by atoms with Gasteiger partial charge in [-0.3, -0.25) is 0 Å². The number of ether oxygens (including phenoxy) is 1. The van der Waals surface area contributed by atoms with Gasteiger partial charge >= 0.3 is 0 Å². The Morgan fingerprint density at radius 1 is 1.26 bits per heavy atom. The third kappa shape index (κ3) is 4.32. The molecule has 1 spiro atoms. The highest BCUT2D eigenvalue weighted by molar-refractivity contribution is 7.88. The van der Waals surface area contributed by atoms with Crippen molar-refractivity contribution in [1.29, 1.82) is 0 Å². The van der Waals surface area contributed by atoms with E-state index in [1.807, 2.05) is 30.3 Å². The smallest absolute Gasteiger partial charge is 0.211 e. The van der Waals surface area contributed by atoms with E-state index in [9.17, 15) is 8.42 Å². The molecule has 3 rings (SSSR count). The van der Waals surface area contributed by atoms with Crippen molar-refractivity contribution in [3.05, 3.63) is 35.9 Å². The predicted octanol–water partition coefficient (Wildman–Crippen LogP) is 1.56. The van der Waals surface area contributed by atoms with Crippen LogP contribution in [0.3, 0.4) is 0 Å². The third-order valence-electron chi connectivity index (χ3n) is 5.04. The Balaban J connectivity index is 1.57. The first kappa shape index (κ1) is 16.9. The number of rotatable bonds is 6. The molecule has 0 saturated carbocycles. The van der Waals surface area contributed by atoms with E-state index < -0.39 is 10.0 Å². The monoisotopic (exact) mass is 338 g/mol. The quantitative estimate of drug-likeness (QED) is 0.790. The number of likely N-dealkylation sites (tertiary alicyclic amines) is 1. The molecule has 0 aliphatic carbocycles. The van der Waals surface area contributed by atoms with Crippen LogP contribution in [0.15, 0.2) is 30.3 Å². The van der Waals surface area contributed by atoms with E-state index in [1.54, 1.807) is 4.31 Å². The van der Waals surface area contributed by atoms with Crippen LogP contribution in [0.5, 0.6) is 0 Å². The Labute approximate surface area is 139 Å². The minimum Gasteiger partial charge on any atom is -0.381 e. The maximum atomic E-state index is 12.1. The van der Waals surface area contributed by atoms with Gasteiger partial charge in [-0.2, -0.15) is 4.31 Å². The average molecular weight is 338 g/mol. The maximum Gasteiger partial charge on any atom is 0.211 e. The van der Waals surface area contributed by atoms with Gasteiger partial charge < -0.3 is 9.64 Å². The van der Waals surface area contributed by atoms with Gasteiger partial charge in [0.15, 0.2) is 0 Å². The second kappa shape index (κ2) is 6.89. The normalized spacial score (nSPS) is 25.7. The van der Waals surface area contributed by atoms with Crippen LogP contribution in [0, 0.1) is 5.41 Å². The summed E-state index contributed by atoms with van der Waals surface area (Å²) in [5, 5.41) is 0. The van der Waals surface area contributed by atoms with Gasteiger partial charge in [0.1, 0.15) is 0 Å². The molecule has 6 heteroatoms. The van der Waals surface area contributed by atoms with E-state index in [4.69, 9.17) is 4.74 Å². The Kier molecular flexibility index (Phi) is 5.06. The second-order valence-electron chi connectivity index (χ2n) is 6.91. The number of nitrogens with zero attached hydrogens (tertiary/aromatic N) is 2. The highest BCUT2D eigenvalue weighted by Gasteiger charge is 2.41. The molecule has 2 saturated heterocycles. The molecular weight excluding hydrogens is 312 g/mol. The van der Waals surface area contributed by atoms with Crippen LogP contribution < -0.4 is 0 Å². The van der Waals surface area contributed by atoms with E-state index in [1.165, 1.54) is 12.7 Å². The molecule has 1 atom stereocenters. The predicted molar refractivity (Wildman–Crippen MR) is 90.6 cm³/mol. The molecule has 2 fully saturated rings. The summed E-state index contributed by atoms with van der Waals surface area (Å²) in [5.74, 6) is 0. The third-order valence-corrected chi connectivity index (χ3v) is 6.29. The molecule has 128 valence electrons. The van der Waals surface area contributed by atoms with E-state index in [0.29, 0.717) is 18.5 Å². The van der Waals surface area contributed by atoms with Gasteiger partial charge in [0.05, 0.1) is 12.9 Å². The summed E-state index contributed by atoms with van der Waals surface area (Å²) in [7, 11) is -3.20. The van der Waals surface area contributed by atoms with Crippen molar-refractivity contribution in [2.75, 3.05) is 45.6 Å². The Bertz CT molecular complexity index is 612. The highest BCUT2D eigenvalue weighted by Crippen LogP contribution is 2.37. The molecular formula is C17H26N2O3S. The lowest BCUT2D eigenvalue weighted by Gasteiger charge is -2.25. The van der Waals surface area contributed by atoms with Crippen LogP contribution in [0.4, 0.5) is 0 Å². The van der Waals surface area contributed by atoms with Crippen molar-refractivity contribution in [2.24, 2.45) is 5.41 Å². The van der Waals surface area contributed by atoms with Crippen molar-refractivity contribution < 1.29 is 13.2 Å². The molecule has 2 heterocycles. The van der Waals surface area contributed by atoms with Gasteiger partial charge in [0.2, 0.25) is 10.0 Å². The number of benzene rings is 1. The molecule has 1 aromatic carbocycles. The van der Waals surface area contributed by atoms with E-state index in [2.05, 4.69) is 4.90 Å². The van der Waals surface area contributed by atoms with Crippen LogP contribution in [-0.2, 0) is 21.3 Å². The van der Waals surface area contributed by atoms with Crippen molar-refractivity contribution in [2.45, 2.75) is 19.4 Å². The van der Waals surface area contributed by atoms with E-state index >= 15 is 0 Å². The zero-order valence-electron chi connectivity index (χ0n) is 13.8. The minimum absolute atomic E-state index is 0.329. The second-order valence-corrected chi connectivity index (χ2v) is 8.89. The molecule has 0 bridgehead atoms.